The minimum atomic E-state index is 0.00525. The van der Waals surface area contributed by atoms with Gasteiger partial charge in [0.05, 0.1) is 25.3 Å². The Morgan fingerprint density at radius 2 is 1.84 bits per heavy atom. The van der Waals surface area contributed by atoms with Crippen molar-refractivity contribution in [2.24, 2.45) is 0 Å². The van der Waals surface area contributed by atoms with Crippen LogP contribution in [0.3, 0.4) is 0 Å². The number of morpholine rings is 1. The van der Waals surface area contributed by atoms with Gasteiger partial charge in [-0.15, -0.1) is 0 Å². The van der Waals surface area contributed by atoms with Crippen molar-refractivity contribution < 1.29 is 9.53 Å². The number of carbonyl (C=O) groups excluding carboxylic acids is 1. The van der Waals surface area contributed by atoms with E-state index in [4.69, 9.17) is 16.3 Å². The molecule has 2 heterocycles. The smallest absolute Gasteiger partial charge is 0.234 e. The fraction of sp³-hybridized carbons (Fsp3) is 0.480. The predicted molar refractivity (Wildman–Crippen MR) is 124 cm³/mol. The average Bonchev–Trinajstić information content (AvgIpc) is 3.32. The maximum Gasteiger partial charge on any atom is 0.234 e. The Labute approximate surface area is 190 Å². The second-order valence-electron chi connectivity index (χ2n) is 8.60. The molecular formula is C25H32ClN3O2. The normalized spacial score (nSPS) is 23.5. The number of nitrogens with one attached hydrogen (secondary N) is 1. The van der Waals surface area contributed by atoms with Gasteiger partial charge < -0.3 is 10.1 Å². The number of halogens is 1. The molecular weight excluding hydrogens is 410 g/mol. The second kappa shape index (κ2) is 10.6. The number of rotatable bonds is 7. The quantitative estimate of drug-likeness (QED) is 0.703. The summed E-state index contributed by atoms with van der Waals surface area (Å²) >= 11 is 6.50. The molecule has 0 aromatic heterocycles. The monoisotopic (exact) mass is 441 g/mol. The fourth-order valence-electron chi connectivity index (χ4n) is 4.58. The van der Waals surface area contributed by atoms with Gasteiger partial charge in [0.25, 0.3) is 0 Å². The first-order valence-electron chi connectivity index (χ1n) is 11.3. The summed E-state index contributed by atoms with van der Waals surface area (Å²) in [5.74, 6) is 0.0526. The number of likely N-dealkylation sites (tertiary alicyclic amines) is 1. The molecule has 4 rings (SSSR count). The lowest BCUT2D eigenvalue weighted by molar-refractivity contribution is -0.126. The number of hydrogen-bond donors (Lipinski definition) is 1. The molecule has 2 fully saturated rings. The van der Waals surface area contributed by atoms with Gasteiger partial charge in [-0.25, -0.2) is 0 Å². The number of ether oxygens (including phenoxy) is 1. The van der Waals surface area contributed by atoms with E-state index in [2.05, 4.69) is 40.2 Å². The molecule has 0 spiro atoms. The van der Waals surface area contributed by atoms with Gasteiger partial charge in [-0.05, 0) is 50.0 Å². The SMILES string of the molecule is CC1COC(c2ccccc2)CN1CC(=O)NCC(c1ccccc1Cl)N1CCCC1. The third-order valence-corrected chi connectivity index (χ3v) is 6.76. The minimum absolute atomic E-state index is 0.00525. The molecule has 166 valence electrons. The Kier molecular flexibility index (Phi) is 7.62. The first kappa shape index (κ1) is 22.3. The number of carbonyl (C=O) groups is 1. The molecule has 0 aliphatic carbocycles. The van der Waals surface area contributed by atoms with Crippen molar-refractivity contribution in [1.82, 2.24) is 15.1 Å². The number of nitrogens with zero attached hydrogens (tertiary/aromatic N) is 2. The van der Waals surface area contributed by atoms with Gasteiger partial charge in [-0.2, -0.15) is 0 Å². The average molecular weight is 442 g/mol. The van der Waals surface area contributed by atoms with Crippen LogP contribution in [0.25, 0.3) is 0 Å². The van der Waals surface area contributed by atoms with Gasteiger partial charge in [0.1, 0.15) is 0 Å². The van der Waals surface area contributed by atoms with E-state index in [1.54, 1.807) is 0 Å². The summed E-state index contributed by atoms with van der Waals surface area (Å²) in [6.07, 6.45) is 2.40. The van der Waals surface area contributed by atoms with Crippen LogP contribution in [0.2, 0.25) is 5.02 Å². The van der Waals surface area contributed by atoms with Crippen LogP contribution in [-0.4, -0.2) is 61.1 Å². The van der Waals surface area contributed by atoms with Crippen LogP contribution < -0.4 is 5.32 Å². The highest BCUT2D eigenvalue weighted by molar-refractivity contribution is 6.31. The van der Waals surface area contributed by atoms with Crippen LogP contribution in [-0.2, 0) is 9.53 Å². The van der Waals surface area contributed by atoms with Crippen LogP contribution in [0.15, 0.2) is 54.6 Å². The van der Waals surface area contributed by atoms with Crippen LogP contribution >= 0.6 is 11.6 Å². The van der Waals surface area contributed by atoms with Crippen molar-refractivity contribution >= 4 is 17.5 Å². The van der Waals surface area contributed by atoms with E-state index in [0.717, 1.165) is 35.8 Å². The van der Waals surface area contributed by atoms with Gasteiger partial charge >= 0.3 is 0 Å². The van der Waals surface area contributed by atoms with Crippen molar-refractivity contribution in [2.75, 3.05) is 39.3 Å². The lowest BCUT2D eigenvalue weighted by Gasteiger charge is -2.38. The summed E-state index contributed by atoms with van der Waals surface area (Å²) < 4.78 is 6.03. The van der Waals surface area contributed by atoms with Crippen molar-refractivity contribution in [3.8, 4) is 0 Å². The van der Waals surface area contributed by atoms with Crippen LogP contribution in [0.1, 0.15) is 43.0 Å². The summed E-state index contributed by atoms with van der Waals surface area (Å²) in [6.45, 7) is 6.51. The zero-order valence-corrected chi connectivity index (χ0v) is 18.9. The molecule has 2 aliphatic heterocycles. The molecule has 0 bridgehead atoms. The van der Waals surface area contributed by atoms with Crippen molar-refractivity contribution in [3.63, 3.8) is 0 Å². The predicted octanol–water partition coefficient (Wildman–Crippen LogP) is 4.06. The van der Waals surface area contributed by atoms with Crippen molar-refractivity contribution in [3.05, 3.63) is 70.7 Å². The Bertz CT molecular complexity index is 857. The molecule has 6 heteroatoms. The highest BCUT2D eigenvalue weighted by Crippen LogP contribution is 2.30. The zero-order valence-electron chi connectivity index (χ0n) is 18.2. The number of benzene rings is 2. The molecule has 0 saturated carbocycles. The maximum absolute atomic E-state index is 12.9. The number of hydrogen-bond acceptors (Lipinski definition) is 4. The molecule has 5 nitrogen and oxygen atoms in total. The Hall–Kier alpha value is -1.92. The van der Waals surface area contributed by atoms with E-state index in [1.807, 2.05) is 36.4 Å². The van der Waals surface area contributed by atoms with Crippen molar-refractivity contribution in [1.29, 1.82) is 0 Å². The molecule has 2 saturated heterocycles. The second-order valence-corrected chi connectivity index (χ2v) is 9.00. The lowest BCUT2D eigenvalue weighted by Crippen LogP contribution is -2.50. The van der Waals surface area contributed by atoms with E-state index in [9.17, 15) is 4.79 Å². The Morgan fingerprint density at radius 3 is 2.58 bits per heavy atom. The van der Waals surface area contributed by atoms with Gasteiger partial charge in [0.2, 0.25) is 5.91 Å². The summed E-state index contributed by atoms with van der Waals surface area (Å²) in [4.78, 5) is 17.5. The molecule has 1 amide bonds. The number of amides is 1. The van der Waals surface area contributed by atoms with Crippen LogP contribution in [0, 0.1) is 0 Å². The van der Waals surface area contributed by atoms with Crippen LogP contribution in [0.4, 0.5) is 0 Å². The first-order valence-corrected chi connectivity index (χ1v) is 11.7. The molecule has 31 heavy (non-hydrogen) atoms. The maximum atomic E-state index is 12.9. The van der Waals surface area contributed by atoms with E-state index in [-0.39, 0.29) is 24.1 Å². The summed E-state index contributed by atoms with van der Waals surface area (Å²) in [6, 6.07) is 18.5. The third kappa shape index (κ3) is 5.66. The topological polar surface area (TPSA) is 44.8 Å². The highest BCUT2D eigenvalue weighted by Gasteiger charge is 2.29. The molecule has 3 unspecified atom stereocenters. The summed E-state index contributed by atoms with van der Waals surface area (Å²) in [7, 11) is 0. The molecule has 2 aromatic carbocycles. The Balaban J connectivity index is 1.37. The standard InChI is InChI=1S/C25H32ClN3O2/c1-19-18-31-24(20-9-3-2-4-10-20)16-29(19)17-25(30)27-15-23(28-13-7-8-14-28)21-11-5-6-12-22(21)26/h2-6,9-12,19,23-24H,7-8,13-18H2,1H3,(H,27,30). The van der Waals surface area contributed by atoms with Crippen LogP contribution in [0.5, 0.6) is 0 Å². The minimum Gasteiger partial charge on any atom is -0.371 e. The molecule has 2 aliphatic rings. The van der Waals surface area contributed by atoms with Gasteiger partial charge in [-0.3, -0.25) is 14.6 Å². The van der Waals surface area contributed by atoms with Gasteiger partial charge in [-0.1, -0.05) is 60.1 Å². The fourth-order valence-corrected chi connectivity index (χ4v) is 4.84. The van der Waals surface area contributed by atoms with Gasteiger partial charge in [0, 0.05) is 24.2 Å². The highest BCUT2D eigenvalue weighted by atomic mass is 35.5. The largest absolute Gasteiger partial charge is 0.371 e. The summed E-state index contributed by atoms with van der Waals surface area (Å²) in [5, 5.41) is 3.95. The van der Waals surface area contributed by atoms with E-state index in [0.29, 0.717) is 19.7 Å². The third-order valence-electron chi connectivity index (χ3n) is 6.42. The van der Waals surface area contributed by atoms with Crippen molar-refractivity contribution in [2.45, 2.75) is 38.0 Å². The van der Waals surface area contributed by atoms with E-state index >= 15 is 0 Å². The molecule has 2 aromatic rings. The molecule has 1 N–H and O–H groups in total. The van der Waals surface area contributed by atoms with E-state index in [1.165, 1.54) is 12.8 Å². The van der Waals surface area contributed by atoms with Gasteiger partial charge in [0.15, 0.2) is 0 Å². The molecule has 3 atom stereocenters. The van der Waals surface area contributed by atoms with E-state index < -0.39 is 0 Å². The summed E-state index contributed by atoms with van der Waals surface area (Å²) in [5.41, 5.74) is 2.25. The first-order chi connectivity index (χ1) is 15.1. The Morgan fingerprint density at radius 1 is 1.13 bits per heavy atom. The lowest BCUT2D eigenvalue weighted by atomic mass is 10.0. The molecule has 0 radical (unpaired) electrons. The zero-order chi connectivity index (χ0) is 21.6.